The number of benzene rings is 1. The molecule has 2 rings (SSSR count). The van der Waals surface area contributed by atoms with Gasteiger partial charge in [0.15, 0.2) is 0 Å². The van der Waals surface area contributed by atoms with Gasteiger partial charge < -0.3 is 5.73 Å². The first kappa shape index (κ1) is 16.3. The number of anilines is 1. The van der Waals surface area contributed by atoms with Crippen molar-refractivity contribution in [3.63, 3.8) is 0 Å². The molecule has 0 radical (unpaired) electrons. The molecule has 3 N–H and O–H groups in total. The summed E-state index contributed by atoms with van der Waals surface area (Å²) in [5, 5.41) is 0.374. The molecule has 1 aliphatic carbocycles. The molecule has 0 saturated carbocycles. The van der Waals surface area contributed by atoms with Crippen LogP contribution in [-0.2, 0) is 10.0 Å². The highest BCUT2D eigenvalue weighted by atomic mass is 35.5. The molecular formula is C15H21ClN2O2S. The summed E-state index contributed by atoms with van der Waals surface area (Å²) in [4.78, 5) is 0.196. The Balaban J connectivity index is 2.05. The fraction of sp³-hybridized carbons (Fsp3) is 0.467. The maximum Gasteiger partial charge on any atom is 0.240 e. The largest absolute Gasteiger partial charge is 0.397 e. The summed E-state index contributed by atoms with van der Waals surface area (Å²) in [5.41, 5.74) is 7.91. The summed E-state index contributed by atoms with van der Waals surface area (Å²) >= 11 is 5.89. The van der Waals surface area contributed by atoms with Crippen LogP contribution in [0.15, 0.2) is 28.7 Å². The molecule has 0 unspecified atom stereocenters. The molecular weight excluding hydrogens is 308 g/mol. The molecule has 0 amide bonds. The molecule has 0 heterocycles. The first-order chi connectivity index (χ1) is 9.90. The van der Waals surface area contributed by atoms with E-state index in [1.807, 2.05) is 0 Å². The first-order valence-corrected chi connectivity index (χ1v) is 8.99. The third-order valence-corrected chi connectivity index (χ3v) is 5.64. The van der Waals surface area contributed by atoms with E-state index in [1.54, 1.807) is 13.0 Å². The van der Waals surface area contributed by atoms with Gasteiger partial charge in [0, 0.05) is 6.54 Å². The Hall–Kier alpha value is -1.04. The molecule has 4 nitrogen and oxygen atoms in total. The van der Waals surface area contributed by atoms with Crippen LogP contribution in [0.3, 0.4) is 0 Å². The predicted molar refractivity (Wildman–Crippen MR) is 87.0 cm³/mol. The van der Waals surface area contributed by atoms with E-state index in [2.05, 4.69) is 10.8 Å². The van der Waals surface area contributed by atoms with E-state index in [-0.39, 0.29) is 10.6 Å². The van der Waals surface area contributed by atoms with E-state index in [9.17, 15) is 8.42 Å². The second kappa shape index (κ2) is 6.81. The molecule has 21 heavy (non-hydrogen) atoms. The minimum atomic E-state index is -3.55. The third-order valence-electron chi connectivity index (χ3n) is 3.71. The third kappa shape index (κ3) is 4.22. The van der Waals surface area contributed by atoms with Gasteiger partial charge in [0.05, 0.1) is 15.6 Å². The lowest BCUT2D eigenvalue weighted by Gasteiger charge is -2.14. The van der Waals surface area contributed by atoms with Crippen molar-refractivity contribution in [2.75, 3.05) is 12.3 Å². The monoisotopic (exact) mass is 328 g/mol. The van der Waals surface area contributed by atoms with Gasteiger partial charge in [-0.15, -0.1) is 0 Å². The van der Waals surface area contributed by atoms with Crippen LogP contribution in [0, 0.1) is 6.92 Å². The molecule has 0 bridgehead atoms. The molecule has 0 aliphatic heterocycles. The SMILES string of the molecule is Cc1cc(Cl)c(N)cc1S(=O)(=O)NCCC1=CCCCC1. The zero-order valence-electron chi connectivity index (χ0n) is 12.2. The minimum Gasteiger partial charge on any atom is -0.397 e. The average Bonchev–Trinajstić information content (AvgIpc) is 2.43. The molecule has 1 aromatic carbocycles. The van der Waals surface area contributed by atoms with Crippen LogP contribution in [0.25, 0.3) is 0 Å². The summed E-state index contributed by atoms with van der Waals surface area (Å²) in [6.45, 7) is 2.12. The van der Waals surface area contributed by atoms with Crippen molar-refractivity contribution in [2.24, 2.45) is 0 Å². The number of hydrogen-bond acceptors (Lipinski definition) is 3. The van der Waals surface area contributed by atoms with Crippen LogP contribution in [0.4, 0.5) is 5.69 Å². The molecule has 116 valence electrons. The average molecular weight is 329 g/mol. The maximum atomic E-state index is 12.3. The number of nitrogens with one attached hydrogen (secondary N) is 1. The van der Waals surface area contributed by atoms with Gasteiger partial charge in [0.1, 0.15) is 0 Å². The Labute approximate surface area is 131 Å². The van der Waals surface area contributed by atoms with Crippen LogP contribution in [-0.4, -0.2) is 15.0 Å². The molecule has 1 aliphatic rings. The van der Waals surface area contributed by atoms with Crippen molar-refractivity contribution in [2.45, 2.75) is 43.9 Å². The highest BCUT2D eigenvalue weighted by molar-refractivity contribution is 7.89. The fourth-order valence-electron chi connectivity index (χ4n) is 2.51. The van der Waals surface area contributed by atoms with Crippen LogP contribution < -0.4 is 10.5 Å². The summed E-state index contributed by atoms with van der Waals surface area (Å²) in [7, 11) is -3.55. The van der Waals surface area contributed by atoms with E-state index >= 15 is 0 Å². The van der Waals surface area contributed by atoms with Gasteiger partial charge in [0.25, 0.3) is 0 Å². The lowest BCUT2D eigenvalue weighted by atomic mass is 9.97. The van der Waals surface area contributed by atoms with E-state index in [0.717, 1.165) is 19.3 Å². The van der Waals surface area contributed by atoms with Crippen molar-refractivity contribution in [1.29, 1.82) is 0 Å². The van der Waals surface area contributed by atoms with Crippen LogP contribution in [0.5, 0.6) is 0 Å². The molecule has 0 aromatic heterocycles. The summed E-state index contributed by atoms with van der Waals surface area (Å²) in [5.74, 6) is 0. The van der Waals surface area contributed by atoms with Crippen LogP contribution in [0.1, 0.15) is 37.7 Å². The van der Waals surface area contributed by atoms with Gasteiger partial charge >= 0.3 is 0 Å². The number of sulfonamides is 1. The first-order valence-electron chi connectivity index (χ1n) is 7.13. The van der Waals surface area contributed by atoms with Gasteiger partial charge in [0.2, 0.25) is 10.0 Å². The van der Waals surface area contributed by atoms with Gasteiger partial charge in [-0.25, -0.2) is 13.1 Å². The normalized spacial score (nSPS) is 15.8. The fourth-order valence-corrected chi connectivity index (χ4v) is 4.02. The predicted octanol–water partition coefficient (Wildman–Crippen LogP) is 3.40. The molecule has 1 aromatic rings. The summed E-state index contributed by atoms with van der Waals surface area (Å²) in [6.07, 6.45) is 7.61. The Kier molecular flexibility index (Phi) is 5.30. The number of hydrogen-bond donors (Lipinski definition) is 2. The highest BCUT2D eigenvalue weighted by Gasteiger charge is 2.18. The Bertz CT molecular complexity index is 654. The van der Waals surface area contributed by atoms with Gasteiger partial charge in [-0.05, 0) is 56.7 Å². The molecule has 0 atom stereocenters. The number of allylic oxidation sites excluding steroid dienone is 1. The zero-order chi connectivity index (χ0) is 15.5. The quantitative estimate of drug-likeness (QED) is 0.642. The second-order valence-corrected chi connectivity index (χ2v) is 7.54. The van der Waals surface area contributed by atoms with Crippen molar-refractivity contribution in [3.8, 4) is 0 Å². The van der Waals surface area contributed by atoms with E-state index in [1.165, 1.54) is 24.5 Å². The van der Waals surface area contributed by atoms with Crippen molar-refractivity contribution in [3.05, 3.63) is 34.4 Å². The summed E-state index contributed by atoms with van der Waals surface area (Å²) in [6, 6.07) is 3.00. The highest BCUT2D eigenvalue weighted by Crippen LogP contribution is 2.26. The Morgan fingerprint density at radius 1 is 1.33 bits per heavy atom. The molecule has 0 spiro atoms. The lowest BCUT2D eigenvalue weighted by molar-refractivity contribution is 0.579. The van der Waals surface area contributed by atoms with Crippen molar-refractivity contribution >= 4 is 27.3 Å². The van der Waals surface area contributed by atoms with E-state index in [0.29, 0.717) is 17.1 Å². The van der Waals surface area contributed by atoms with Gasteiger partial charge in [-0.1, -0.05) is 23.3 Å². The smallest absolute Gasteiger partial charge is 0.240 e. The molecule has 0 saturated heterocycles. The minimum absolute atomic E-state index is 0.196. The number of halogens is 1. The lowest BCUT2D eigenvalue weighted by Crippen LogP contribution is -2.26. The van der Waals surface area contributed by atoms with Crippen molar-refractivity contribution < 1.29 is 8.42 Å². The molecule has 6 heteroatoms. The Morgan fingerprint density at radius 2 is 2.10 bits per heavy atom. The maximum absolute atomic E-state index is 12.3. The topological polar surface area (TPSA) is 72.2 Å². The van der Waals surface area contributed by atoms with E-state index in [4.69, 9.17) is 17.3 Å². The standard InChI is InChI=1S/C15H21ClN2O2S/c1-11-9-13(16)14(17)10-15(11)21(19,20)18-8-7-12-5-3-2-4-6-12/h5,9-10,18H,2-4,6-8,17H2,1H3. The number of aryl methyl sites for hydroxylation is 1. The van der Waals surface area contributed by atoms with Gasteiger partial charge in [-0.3, -0.25) is 0 Å². The van der Waals surface area contributed by atoms with Crippen molar-refractivity contribution in [1.82, 2.24) is 4.72 Å². The number of rotatable bonds is 5. The van der Waals surface area contributed by atoms with Crippen LogP contribution in [0.2, 0.25) is 5.02 Å². The Morgan fingerprint density at radius 3 is 2.76 bits per heavy atom. The summed E-state index contributed by atoms with van der Waals surface area (Å²) < 4.78 is 27.3. The second-order valence-electron chi connectivity index (χ2n) is 5.40. The number of nitrogens with two attached hydrogens (primary N) is 1. The zero-order valence-corrected chi connectivity index (χ0v) is 13.7. The molecule has 0 fully saturated rings. The van der Waals surface area contributed by atoms with E-state index < -0.39 is 10.0 Å². The van der Waals surface area contributed by atoms with Gasteiger partial charge in [-0.2, -0.15) is 0 Å². The van der Waals surface area contributed by atoms with Crippen LogP contribution >= 0.6 is 11.6 Å². The number of nitrogen functional groups attached to an aromatic ring is 1.